The summed E-state index contributed by atoms with van der Waals surface area (Å²) < 4.78 is 15.6. The lowest BCUT2D eigenvalue weighted by atomic mass is 9.70. The number of hydrogen-bond donors (Lipinski definition) is 0. The normalized spacial score (nSPS) is 13.1. The van der Waals surface area contributed by atoms with Gasteiger partial charge in [0.25, 0.3) is 0 Å². The third-order valence-electron chi connectivity index (χ3n) is 4.10. The predicted octanol–water partition coefficient (Wildman–Crippen LogP) is 3.46. The van der Waals surface area contributed by atoms with Crippen molar-refractivity contribution in [2.24, 2.45) is 5.92 Å². The number of esters is 1. The maximum Gasteiger partial charge on any atom is 0.302 e. The van der Waals surface area contributed by atoms with Crippen LogP contribution in [-0.4, -0.2) is 26.8 Å². The number of ether oxygens (including phenoxy) is 3. The molecule has 0 saturated heterocycles. The number of nitrogens with zero attached hydrogens (tertiary/aromatic N) is 1. The average molecular weight is 319 g/mol. The molecule has 0 aliphatic carbocycles. The summed E-state index contributed by atoms with van der Waals surface area (Å²) in [5, 5.41) is 9.87. The van der Waals surface area contributed by atoms with Gasteiger partial charge in [0.1, 0.15) is 0 Å². The Morgan fingerprint density at radius 2 is 1.91 bits per heavy atom. The Balaban J connectivity index is 3.10. The highest BCUT2D eigenvalue weighted by atomic mass is 16.5. The van der Waals surface area contributed by atoms with Crippen molar-refractivity contribution in [1.29, 1.82) is 5.26 Å². The lowest BCUT2D eigenvalue weighted by Crippen LogP contribution is -2.31. The van der Waals surface area contributed by atoms with E-state index in [-0.39, 0.29) is 11.9 Å². The van der Waals surface area contributed by atoms with Crippen LogP contribution in [-0.2, 0) is 14.9 Å². The molecule has 0 aliphatic rings. The van der Waals surface area contributed by atoms with Crippen molar-refractivity contribution in [3.8, 4) is 17.6 Å². The van der Waals surface area contributed by atoms with Crippen LogP contribution < -0.4 is 9.47 Å². The van der Waals surface area contributed by atoms with E-state index in [0.717, 1.165) is 5.56 Å². The van der Waals surface area contributed by atoms with Crippen molar-refractivity contribution in [3.05, 3.63) is 23.8 Å². The van der Waals surface area contributed by atoms with Crippen LogP contribution in [0.4, 0.5) is 0 Å². The molecule has 0 bridgehead atoms. The van der Waals surface area contributed by atoms with Gasteiger partial charge in [0.2, 0.25) is 0 Å². The van der Waals surface area contributed by atoms with Crippen LogP contribution >= 0.6 is 0 Å². The second-order valence-corrected chi connectivity index (χ2v) is 5.75. The van der Waals surface area contributed by atoms with Gasteiger partial charge < -0.3 is 14.2 Å². The minimum Gasteiger partial charge on any atom is -0.493 e. The molecule has 23 heavy (non-hydrogen) atoms. The molecule has 1 rings (SSSR count). The Morgan fingerprint density at radius 3 is 2.39 bits per heavy atom. The van der Waals surface area contributed by atoms with Crippen LogP contribution in [0.2, 0.25) is 0 Å². The van der Waals surface area contributed by atoms with Crippen LogP contribution in [0, 0.1) is 17.2 Å². The molecule has 0 radical (unpaired) electrons. The molecule has 5 nitrogen and oxygen atoms in total. The molecule has 1 aromatic rings. The van der Waals surface area contributed by atoms with Crippen LogP contribution in [0.1, 0.15) is 39.2 Å². The van der Waals surface area contributed by atoms with Gasteiger partial charge in [-0.3, -0.25) is 4.79 Å². The first kappa shape index (κ1) is 18.8. The molecule has 5 heteroatoms. The molecule has 0 fully saturated rings. The fraction of sp³-hybridized carbons (Fsp3) is 0.556. The molecule has 0 unspecified atom stereocenters. The Bertz CT molecular complexity index is 577. The smallest absolute Gasteiger partial charge is 0.302 e. The molecule has 0 aromatic heterocycles. The Morgan fingerprint density at radius 1 is 1.26 bits per heavy atom. The summed E-state index contributed by atoms with van der Waals surface area (Å²) in [5.74, 6) is 1.03. The van der Waals surface area contributed by atoms with E-state index in [1.54, 1.807) is 14.2 Å². The number of nitriles is 1. The molecule has 0 heterocycles. The van der Waals surface area contributed by atoms with Gasteiger partial charge >= 0.3 is 5.97 Å². The minimum absolute atomic E-state index is 0.0999. The van der Waals surface area contributed by atoms with Crippen molar-refractivity contribution >= 4 is 5.97 Å². The maximum atomic E-state index is 10.9. The van der Waals surface area contributed by atoms with Gasteiger partial charge in [0.15, 0.2) is 11.5 Å². The molecule has 1 aromatic carbocycles. The molecule has 0 N–H and O–H groups in total. The quantitative estimate of drug-likeness (QED) is 0.542. The Kier molecular flexibility index (Phi) is 6.89. The number of benzene rings is 1. The van der Waals surface area contributed by atoms with Gasteiger partial charge in [0, 0.05) is 6.92 Å². The van der Waals surface area contributed by atoms with Crippen molar-refractivity contribution in [2.45, 2.75) is 39.0 Å². The van der Waals surface area contributed by atoms with Gasteiger partial charge in [-0.1, -0.05) is 19.9 Å². The zero-order chi connectivity index (χ0) is 17.5. The number of carbonyl (C=O) groups is 1. The molecular formula is C18H25NO4. The summed E-state index contributed by atoms with van der Waals surface area (Å²) in [7, 11) is 3.16. The van der Waals surface area contributed by atoms with Gasteiger partial charge in [-0.15, -0.1) is 0 Å². The van der Waals surface area contributed by atoms with Crippen LogP contribution in [0.3, 0.4) is 0 Å². The monoisotopic (exact) mass is 319 g/mol. The standard InChI is InChI=1S/C18H25NO4/c1-13(2)18(12-19,9-6-10-23-14(3)20)15-7-8-16(21-4)17(11-15)22-5/h7-8,11,13H,6,9-10H2,1-5H3/t18-/m1/s1. The summed E-state index contributed by atoms with van der Waals surface area (Å²) in [6.07, 6.45) is 1.23. The first-order valence-corrected chi connectivity index (χ1v) is 7.68. The van der Waals surface area contributed by atoms with E-state index >= 15 is 0 Å². The van der Waals surface area contributed by atoms with Crippen LogP contribution in [0.5, 0.6) is 11.5 Å². The van der Waals surface area contributed by atoms with Crippen molar-refractivity contribution in [1.82, 2.24) is 0 Å². The zero-order valence-electron chi connectivity index (χ0n) is 14.5. The fourth-order valence-corrected chi connectivity index (χ4v) is 2.70. The van der Waals surface area contributed by atoms with Crippen molar-refractivity contribution in [2.75, 3.05) is 20.8 Å². The van der Waals surface area contributed by atoms with E-state index in [1.807, 2.05) is 32.0 Å². The molecule has 0 saturated carbocycles. The average Bonchev–Trinajstić information content (AvgIpc) is 2.54. The topological polar surface area (TPSA) is 68.5 Å². The molecular weight excluding hydrogens is 294 g/mol. The van der Waals surface area contributed by atoms with Crippen molar-refractivity contribution < 1.29 is 19.0 Å². The lowest BCUT2D eigenvalue weighted by Gasteiger charge is -2.32. The molecule has 0 aliphatic heterocycles. The number of methoxy groups -OCH3 is 2. The Hall–Kier alpha value is -2.22. The highest BCUT2D eigenvalue weighted by Crippen LogP contribution is 2.40. The SMILES string of the molecule is COc1ccc([C@@](C#N)(CCCOC(C)=O)C(C)C)cc1OC. The van der Waals surface area contributed by atoms with E-state index in [0.29, 0.717) is 30.9 Å². The van der Waals surface area contributed by atoms with Gasteiger partial charge in [-0.25, -0.2) is 0 Å². The van der Waals surface area contributed by atoms with E-state index < -0.39 is 5.41 Å². The van der Waals surface area contributed by atoms with Crippen molar-refractivity contribution in [3.63, 3.8) is 0 Å². The van der Waals surface area contributed by atoms with E-state index in [9.17, 15) is 10.1 Å². The van der Waals surface area contributed by atoms with Gasteiger partial charge in [0.05, 0.1) is 32.3 Å². The number of rotatable bonds is 8. The first-order chi connectivity index (χ1) is 10.9. The highest BCUT2D eigenvalue weighted by molar-refractivity contribution is 5.65. The highest BCUT2D eigenvalue weighted by Gasteiger charge is 2.36. The second-order valence-electron chi connectivity index (χ2n) is 5.75. The molecule has 126 valence electrons. The predicted molar refractivity (Wildman–Crippen MR) is 87.5 cm³/mol. The lowest BCUT2D eigenvalue weighted by molar-refractivity contribution is -0.141. The third kappa shape index (κ3) is 4.38. The third-order valence-corrected chi connectivity index (χ3v) is 4.10. The van der Waals surface area contributed by atoms with E-state index in [1.165, 1.54) is 6.92 Å². The molecule has 0 spiro atoms. The molecule has 1 atom stereocenters. The Labute approximate surface area is 138 Å². The van der Waals surface area contributed by atoms with E-state index in [4.69, 9.17) is 14.2 Å². The van der Waals surface area contributed by atoms with Crippen LogP contribution in [0.25, 0.3) is 0 Å². The van der Waals surface area contributed by atoms with Crippen LogP contribution in [0.15, 0.2) is 18.2 Å². The van der Waals surface area contributed by atoms with Gasteiger partial charge in [-0.05, 0) is 36.5 Å². The zero-order valence-corrected chi connectivity index (χ0v) is 14.5. The summed E-state index contributed by atoms with van der Waals surface area (Å²) in [6.45, 7) is 5.74. The second kappa shape index (κ2) is 8.42. The van der Waals surface area contributed by atoms with Gasteiger partial charge in [-0.2, -0.15) is 5.26 Å². The summed E-state index contributed by atoms with van der Waals surface area (Å²) in [6, 6.07) is 8.04. The summed E-state index contributed by atoms with van der Waals surface area (Å²) in [5.41, 5.74) is 0.218. The largest absolute Gasteiger partial charge is 0.493 e. The van der Waals surface area contributed by atoms with E-state index in [2.05, 4.69) is 6.07 Å². The summed E-state index contributed by atoms with van der Waals surface area (Å²) in [4.78, 5) is 10.9. The number of hydrogen-bond acceptors (Lipinski definition) is 5. The first-order valence-electron chi connectivity index (χ1n) is 7.68. The molecule has 0 amide bonds. The number of carbonyl (C=O) groups excluding carboxylic acids is 1. The fourth-order valence-electron chi connectivity index (χ4n) is 2.70. The maximum absolute atomic E-state index is 10.9. The summed E-state index contributed by atoms with van der Waals surface area (Å²) >= 11 is 0. The minimum atomic E-state index is -0.667.